The van der Waals surface area contributed by atoms with Gasteiger partial charge in [-0.1, -0.05) is 6.07 Å². The van der Waals surface area contributed by atoms with Crippen LogP contribution in [0.5, 0.6) is 0 Å². The molecule has 0 spiro atoms. The Labute approximate surface area is 234 Å². The molecule has 0 radical (unpaired) electrons. The van der Waals surface area contributed by atoms with Gasteiger partial charge in [-0.3, -0.25) is 4.90 Å². The van der Waals surface area contributed by atoms with Crippen molar-refractivity contribution in [3.63, 3.8) is 0 Å². The average Bonchev–Trinajstić information content (AvgIpc) is 3.34. The molecular weight excluding hydrogens is 506 g/mol. The number of carbonyl (C=O) groups excluding carboxylic acids is 1. The molecule has 0 unspecified atom stereocenters. The number of rotatable bonds is 7. The van der Waals surface area contributed by atoms with Gasteiger partial charge in [-0.2, -0.15) is 0 Å². The summed E-state index contributed by atoms with van der Waals surface area (Å²) in [5.74, 6) is 2.22. The molecule has 40 heavy (non-hydrogen) atoms. The Bertz CT molecular complexity index is 1470. The van der Waals surface area contributed by atoms with Crippen molar-refractivity contribution in [3.8, 4) is 11.3 Å². The molecule has 3 aromatic heterocycles. The van der Waals surface area contributed by atoms with E-state index in [2.05, 4.69) is 47.0 Å². The number of ether oxygens (including phenoxy) is 1. The number of hydrogen-bond donors (Lipinski definition) is 2. The zero-order valence-corrected chi connectivity index (χ0v) is 23.8. The van der Waals surface area contributed by atoms with E-state index in [0.717, 1.165) is 59.9 Å². The monoisotopic (exact) mass is 543 g/mol. The van der Waals surface area contributed by atoms with Gasteiger partial charge in [0.1, 0.15) is 23.6 Å². The number of aromatic nitrogens is 5. The maximum Gasteiger partial charge on any atom is 0.410 e. The van der Waals surface area contributed by atoms with Crippen LogP contribution in [0.15, 0.2) is 48.9 Å². The van der Waals surface area contributed by atoms with Crippen LogP contribution in [0.1, 0.15) is 33.3 Å². The van der Waals surface area contributed by atoms with E-state index < -0.39 is 5.60 Å². The molecule has 0 atom stereocenters. The molecule has 1 saturated heterocycles. The second-order valence-electron chi connectivity index (χ2n) is 11.0. The highest BCUT2D eigenvalue weighted by Gasteiger charge is 2.25. The van der Waals surface area contributed by atoms with Gasteiger partial charge in [0, 0.05) is 64.1 Å². The van der Waals surface area contributed by atoms with E-state index >= 15 is 0 Å². The van der Waals surface area contributed by atoms with Crippen LogP contribution in [0.2, 0.25) is 0 Å². The number of aromatic amines is 1. The van der Waals surface area contributed by atoms with E-state index in [9.17, 15) is 4.79 Å². The van der Waals surface area contributed by atoms with Crippen LogP contribution >= 0.6 is 0 Å². The number of carbonyl (C=O) groups is 1. The van der Waals surface area contributed by atoms with Gasteiger partial charge in [-0.05, 0) is 57.5 Å². The highest BCUT2D eigenvalue weighted by atomic mass is 16.6. The Morgan fingerprint density at radius 3 is 2.62 bits per heavy atom. The molecule has 0 aliphatic carbocycles. The van der Waals surface area contributed by atoms with Gasteiger partial charge in [0.2, 0.25) is 5.95 Å². The zero-order chi connectivity index (χ0) is 28.3. The molecule has 11 heteroatoms. The number of fused-ring (bicyclic) bond motifs is 1. The summed E-state index contributed by atoms with van der Waals surface area (Å²) in [5, 5.41) is 3.31. The fourth-order valence-corrected chi connectivity index (χ4v) is 4.54. The Morgan fingerprint density at radius 2 is 1.88 bits per heavy atom. The molecule has 4 aromatic rings. The van der Waals surface area contributed by atoms with E-state index in [-0.39, 0.29) is 6.09 Å². The third-order valence-electron chi connectivity index (χ3n) is 6.80. The molecule has 0 saturated carbocycles. The minimum absolute atomic E-state index is 0.244. The van der Waals surface area contributed by atoms with Crippen molar-refractivity contribution in [1.82, 2.24) is 34.7 Å². The van der Waals surface area contributed by atoms with Gasteiger partial charge in [-0.25, -0.2) is 24.7 Å². The van der Waals surface area contributed by atoms with Crippen LogP contribution < -0.4 is 10.2 Å². The largest absolute Gasteiger partial charge is 0.444 e. The predicted molar refractivity (Wildman–Crippen MR) is 157 cm³/mol. The third-order valence-corrected chi connectivity index (χ3v) is 6.80. The average molecular weight is 544 g/mol. The van der Waals surface area contributed by atoms with Crippen LogP contribution in [-0.2, 0) is 11.3 Å². The molecule has 1 amide bonds. The van der Waals surface area contributed by atoms with Gasteiger partial charge in [-0.15, -0.1) is 0 Å². The Balaban J connectivity index is 1.22. The summed E-state index contributed by atoms with van der Waals surface area (Å²) in [6.45, 7) is 12.3. The summed E-state index contributed by atoms with van der Waals surface area (Å²) >= 11 is 0. The SMILES string of the molecule is CCN(C)c1cc(-c2ccc3nc(Nc4cc(CN5CCN(C(=O)OC(C)(C)C)CC5)ccn4)[nH]c3c2)ncn1. The van der Waals surface area contributed by atoms with Gasteiger partial charge >= 0.3 is 6.09 Å². The quantitative estimate of drug-likeness (QED) is 0.343. The number of imidazole rings is 1. The molecule has 1 aliphatic rings. The van der Waals surface area contributed by atoms with Crippen LogP contribution in [0.25, 0.3) is 22.3 Å². The first-order valence-electron chi connectivity index (χ1n) is 13.6. The molecule has 0 bridgehead atoms. The first kappa shape index (κ1) is 27.3. The number of piperazine rings is 1. The normalized spacial score (nSPS) is 14.4. The van der Waals surface area contributed by atoms with E-state index in [1.54, 1.807) is 17.4 Å². The second kappa shape index (κ2) is 11.5. The molecule has 210 valence electrons. The van der Waals surface area contributed by atoms with Crippen LogP contribution in [0.4, 0.5) is 22.4 Å². The lowest BCUT2D eigenvalue weighted by molar-refractivity contribution is 0.0139. The molecule has 1 aliphatic heterocycles. The highest BCUT2D eigenvalue weighted by Crippen LogP contribution is 2.25. The van der Waals surface area contributed by atoms with E-state index in [1.807, 2.05) is 64.2 Å². The zero-order valence-electron chi connectivity index (χ0n) is 23.8. The molecule has 11 nitrogen and oxygen atoms in total. The van der Waals surface area contributed by atoms with Crippen molar-refractivity contribution in [1.29, 1.82) is 0 Å². The molecule has 5 rings (SSSR count). The van der Waals surface area contributed by atoms with Crippen LogP contribution in [0.3, 0.4) is 0 Å². The lowest BCUT2D eigenvalue weighted by Gasteiger charge is -2.35. The number of hydrogen-bond acceptors (Lipinski definition) is 9. The Kier molecular flexibility index (Phi) is 7.83. The minimum Gasteiger partial charge on any atom is -0.444 e. The van der Waals surface area contributed by atoms with Gasteiger partial charge < -0.3 is 24.8 Å². The predicted octanol–water partition coefficient (Wildman–Crippen LogP) is 4.67. The molecule has 1 aromatic carbocycles. The summed E-state index contributed by atoms with van der Waals surface area (Å²) in [4.78, 5) is 39.9. The second-order valence-corrected chi connectivity index (χ2v) is 11.0. The van der Waals surface area contributed by atoms with Crippen LogP contribution in [0, 0.1) is 0 Å². The third kappa shape index (κ3) is 6.66. The molecule has 1 fully saturated rings. The van der Waals surface area contributed by atoms with E-state index in [4.69, 9.17) is 4.74 Å². The van der Waals surface area contributed by atoms with Gasteiger partial charge in [0.15, 0.2) is 0 Å². The lowest BCUT2D eigenvalue weighted by Crippen LogP contribution is -2.49. The molecule has 2 N–H and O–H groups in total. The van der Waals surface area contributed by atoms with Crippen molar-refractivity contribution in [2.45, 2.75) is 39.8 Å². The van der Waals surface area contributed by atoms with Crippen molar-refractivity contribution in [3.05, 3.63) is 54.5 Å². The number of pyridine rings is 1. The fourth-order valence-electron chi connectivity index (χ4n) is 4.54. The number of nitrogens with zero attached hydrogens (tertiary/aromatic N) is 7. The van der Waals surface area contributed by atoms with E-state index in [0.29, 0.717) is 24.9 Å². The number of amides is 1. The smallest absolute Gasteiger partial charge is 0.410 e. The topological polar surface area (TPSA) is 115 Å². The first-order valence-corrected chi connectivity index (χ1v) is 13.6. The highest BCUT2D eigenvalue weighted by molar-refractivity contribution is 5.83. The number of H-pyrrole nitrogens is 1. The summed E-state index contributed by atoms with van der Waals surface area (Å²) in [6.07, 6.45) is 3.15. The molecular formula is C29H37N9O2. The Morgan fingerprint density at radius 1 is 1.07 bits per heavy atom. The van der Waals surface area contributed by atoms with Crippen molar-refractivity contribution < 1.29 is 9.53 Å². The van der Waals surface area contributed by atoms with Gasteiger partial charge in [0.05, 0.1) is 16.7 Å². The van der Waals surface area contributed by atoms with Crippen molar-refractivity contribution >= 4 is 34.7 Å². The summed E-state index contributed by atoms with van der Waals surface area (Å²) < 4.78 is 5.51. The summed E-state index contributed by atoms with van der Waals surface area (Å²) in [7, 11) is 2.01. The van der Waals surface area contributed by atoms with Crippen LogP contribution in [-0.4, -0.2) is 86.2 Å². The standard InChI is InChI=1S/C29H37N9O2/c1-6-36(5)26-17-23(31-19-32-26)21-7-8-22-24(16-21)34-27(33-22)35-25-15-20(9-10-30-25)18-37-11-13-38(14-12-37)28(39)40-29(2,3)4/h7-10,15-17,19H,6,11-14,18H2,1-5H3,(H2,30,33,34,35). The van der Waals surface area contributed by atoms with E-state index in [1.165, 1.54) is 0 Å². The number of benzene rings is 1. The van der Waals surface area contributed by atoms with Crippen molar-refractivity contribution in [2.75, 3.05) is 50.0 Å². The molecule has 4 heterocycles. The van der Waals surface area contributed by atoms with Crippen molar-refractivity contribution in [2.24, 2.45) is 0 Å². The fraction of sp³-hybridized carbons (Fsp3) is 0.414. The lowest BCUT2D eigenvalue weighted by atomic mass is 10.1. The number of nitrogens with one attached hydrogen (secondary N) is 2. The Hall–Kier alpha value is -4.25. The first-order chi connectivity index (χ1) is 19.2. The summed E-state index contributed by atoms with van der Waals surface area (Å²) in [6, 6.07) is 12.1. The summed E-state index contributed by atoms with van der Waals surface area (Å²) in [5.41, 5.74) is 4.26. The maximum absolute atomic E-state index is 12.4. The maximum atomic E-state index is 12.4. The minimum atomic E-state index is -0.483. The number of anilines is 3. The van der Waals surface area contributed by atoms with Gasteiger partial charge in [0.25, 0.3) is 0 Å².